The molecule has 0 saturated carbocycles. The summed E-state index contributed by atoms with van der Waals surface area (Å²) in [7, 11) is 0. The minimum atomic E-state index is -0.940. The van der Waals surface area contributed by atoms with Gasteiger partial charge in [-0.15, -0.1) is 0 Å². The Bertz CT molecular complexity index is 337. The molecule has 1 saturated heterocycles. The summed E-state index contributed by atoms with van der Waals surface area (Å²) in [6.07, 6.45) is 12.8. The van der Waals surface area contributed by atoms with E-state index in [2.05, 4.69) is 27.7 Å². The molecule has 0 aromatic carbocycles. The molecule has 1 aliphatic rings. The monoisotopic (exact) mass is 416 g/mol. The van der Waals surface area contributed by atoms with Crippen molar-refractivity contribution in [1.29, 1.82) is 0 Å². The Balaban J connectivity index is 2.71. The van der Waals surface area contributed by atoms with Crippen molar-refractivity contribution in [2.75, 3.05) is 39.6 Å². The van der Waals surface area contributed by atoms with E-state index < -0.39 is 5.97 Å². The lowest BCUT2D eigenvalue weighted by molar-refractivity contribution is -0.407. The van der Waals surface area contributed by atoms with Gasteiger partial charge in [-0.3, -0.25) is 0 Å². The molecule has 0 radical (unpaired) electrons. The number of hydrogen-bond acceptors (Lipinski definition) is 5. The fourth-order valence-corrected chi connectivity index (χ4v) is 3.49. The van der Waals surface area contributed by atoms with E-state index in [0.717, 1.165) is 38.7 Å². The summed E-state index contributed by atoms with van der Waals surface area (Å²) in [5.41, 5.74) is 0. The highest BCUT2D eigenvalue weighted by molar-refractivity contribution is 4.74. The van der Waals surface area contributed by atoms with Crippen molar-refractivity contribution in [1.82, 2.24) is 0 Å². The highest BCUT2D eigenvalue weighted by Gasteiger charge is 2.42. The highest BCUT2D eigenvalue weighted by atomic mass is 16.9. The summed E-state index contributed by atoms with van der Waals surface area (Å²) in [5, 5.41) is 0. The van der Waals surface area contributed by atoms with Crippen molar-refractivity contribution in [3.05, 3.63) is 0 Å². The molecule has 2 atom stereocenters. The molecule has 0 aromatic rings. The normalized spacial score (nSPS) is 17.6. The van der Waals surface area contributed by atoms with Gasteiger partial charge >= 0.3 is 0 Å². The molecule has 1 heterocycles. The lowest BCUT2D eigenvalue weighted by atomic mass is 9.94. The van der Waals surface area contributed by atoms with Crippen LogP contribution in [0.4, 0.5) is 0 Å². The van der Waals surface area contributed by atoms with Gasteiger partial charge in [-0.1, -0.05) is 66.2 Å². The smallest absolute Gasteiger partial charge is 0.285 e. The molecule has 1 fully saturated rings. The molecule has 29 heavy (non-hydrogen) atoms. The fourth-order valence-electron chi connectivity index (χ4n) is 3.49. The lowest BCUT2D eigenvalue weighted by Crippen LogP contribution is -2.47. The number of ether oxygens (including phenoxy) is 5. The first-order valence-corrected chi connectivity index (χ1v) is 12.3. The third-order valence-electron chi connectivity index (χ3n) is 5.25. The van der Waals surface area contributed by atoms with Crippen molar-refractivity contribution in [2.24, 2.45) is 5.92 Å². The Morgan fingerprint density at radius 3 is 1.79 bits per heavy atom. The van der Waals surface area contributed by atoms with E-state index in [-0.39, 0.29) is 5.92 Å². The molecule has 0 aliphatic carbocycles. The second kappa shape index (κ2) is 17.5. The zero-order valence-corrected chi connectivity index (χ0v) is 19.7. The van der Waals surface area contributed by atoms with Gasteiger partial charge in [0.2, 0.25) is 0 Å². The van der Waals surface area contributed by atoms with Crippen LogP contribution in [0.5, 0.6) is 0 Å². The van der Waals surface area contributed by atoms with Crippen LogP contribution >= 0.6 is 0 Å². The maximum absolute atomic E-state index is 6.31. The van der Waals surface area contributed by atoms with Crippen LogP contribution in [-0.2, 0) is 23.7 Å². The van der Waals surface area contributed by atoms with E-state index >= 15 is 0 Å². The largest absolute Gasteiger partial charge is 0.379 e. The van der Waals surface area contributed by atoms with Gasteiger partial charge in [0.15, 0.2) is 0 Å². The predicted octanol–water partition coefficient (Wildman–Crippen LogP) is 6.09. The first-order valence-electron chi connectivity index (χ1n) is 12.3. The fraction of sp³-hybridized carbons (Fsp3) is 1.00. The molecule has 2 unspecified atom stereocenters. The molecular weight excluding hydrogens is 368 g/mol. The minimum absolute atomic E-state index is 0.179. The van der Waals surface area contributed by atoms with Crippen molar-refractivity contribution in [3.8, 4) is 0 Å². The van der Waals surface area contributed by atoms with Crippen LogP contribution in [0.3, 0.4) is 0 Å². The van der Waals surface area contributed by atoms with Gasteiger partial charge in [-0.25, -0.2) is 0 Å². The van der Waals surface area contributed by atoms with Crippen LogP contribution < -0.4 is 0 Å². The standard InChI is InChI=1S/C24H48O5/c1-5-9-10-11-12-13-14-22(15-19-25-20-23-21-26-23)24(27-16-6-2,28-17-7-3)29-18-8-4/h22-23H,5-21H2,1-4H3. The van der Waals surface area contributed by atoms with Gasteiger partial charge in [0.25, 0.3) is 5.97 Å². The van der Waals surface area contributed by atoms with Gasteiger partial charge in [0.1, 0.15) is 6.10 Å². The van der Waals surface area contributed by atoms with E-state index in [0.29, 0.717) is 39.1 Å². The molecule has 0 aromatic heterocycles. The van der Waals surface area contributed by atoms with E-state index in [1.165, 1.54) is 38.5 Å². The van der Waals surface area contributed by atoms with Crippen molar-refractivity contribution in [2.45, 2.75) is 110 Å². The number of rotatable bonds is 22. The molecule has 1 rings (SSSR count). The topological polar surface area (TPSA) is 49.5 Å². The maximum Gasteiger partial charge on any atom is 0.285 e. The number of unbranched alkanes of at least 4 members (excludes halogenated alkanes) is 5. The molecule has 0 spiro atoms. The van der Waals surface area contributed by atoms with Crippen molar-refractivity contribution < 1.29 is 23.7 Å². The summed E-state index contributed by atoms with van der Waals surface area (Å²) in [6, 6.07) is 0. The molecule has 5 nitrogen and oxygen atoms in total. The molecule has 5 heteroatoms. The summed E-state index contributed by atoms with van der Waals surface area (Å²) >= 11 is 0. The van der Waals surface area contributed by atoms with Gasteiger partial charge in [-0.05, 0) is 32.1 Å². The summed E-state index contributed by atoms with van der Waals surface area (Å²) in [4.78, 5) is 0. The first kappa shape index (κ1) is 26.8. The van der Waals surface area contributed by atoms with Crippen LogP contribution in [0.25, 0.3) is 0 Å². The molecule has 0 amide bonds. The summed E-state index contributed by atoms with van der Waals surface area (Å²) < 4.78 is 30.0. The zero-order valence-electron chi connectivity index (χ0n) is 19.7. The second-order valence-electron chi connectivity index (χ2n) is 8.22. The molecule has 0 bridgehead atoms. The highest BCUT2D eigenvalue weighted by Crippen LogP contribution is 2.34. The van der Waals surface area contributed by atoms with Gasteiger partial charge in [0.05, 0.1) is 33.0 Å². The summed E-state index contributed by atoms with van der Waals surface area (Å²) in [6.45, 7) is 12.8. The third-order valence-corrected chi connectivity index (χ3v) is 5.25. The van der Waals surface area contributed by atoms with Crippen molar-refractivity contribution >= 4 is 0 Å². The SMILES string of the molecule is CCCCCCCCC(CCOCC1CO1)C(OCCC)(OCCC)OCCC. The third kappa shape index (κ3) is 12.3. The minimum Gasteiger partial charge on any atom is -0.379 e. The van der Waals surface area contributed by atoms with Crippen LogP contribution in [-0.4, -0.2) is 51.7 Å². The van der Waals surface area contributed by atoms with Crippen LogP contribution in [0.15, 0.2) is 0 Å². The van der Waals surface area contributed by atoms with E-state index in [1.807, 2.05) is 0 Å². The Kier molecular flexibility index (Phi) is 16.2. The predicted molar refractivity (Wildman–Crippen MR) is 118 cm³/mol. The average Bonchev–Trinajstić information content (AvgIpc) is 3.56. The maximum atomic E-state index is 6.31. The quantitative estimate of drug-likeness (QED) is 0.121. The molecule has 174 valence electrons. The first-order chi connectivity index (χ1) is 14.2. The van der Waals surface area contributed by atoms with Crippen LogP contribution in [0, 0.1) is 5.92 Å². The van der Waals surface area contributed by atoms with Crippen molar-refractivity contribution in [3.63, 3.8) is 0 Å². The number of hydrogen-bond donors (Lipinski definition) is 0. The Labute approximate surface area is 180 Å². The second-order valence-corrected chi connectivity index (χ2v) is 8.22. The van der Waals surface area contributed by atoms with Crippen LogP contribution in [0.2, 0.25) is 0 Å². The van der Waals surface area contributed by atoms with Gasteiger partial charge in [0, 0.05) is 12.5 Å². The Morgan fingerprint density at radius 1 is 0.724 bits per heavy atom. The van der Waals surface area contributed by atoms with Gasteiger partial charge in [-0.2, -0.15) is 0 Å². The Morgan fingerprint density at radius 2 is 1.28 bits per heavy atom. The number of epoxide rings is 1. The van der Waals surface area contributed by atoms with E-state index in [1.54, 1.807) is 0 Å². The molecule has 1 aliphatic heterocycles. The molecule has 0 N–H and O–H groups in total. The summed E-state index contributed by atoms with van der Waals surface area (Å²) in [5.74, 6) is -0.760. The lowest BCUT2D eigenvalue weighted by Gasteiger charge is -2.40. The van der Waals surface area contributed by atoms with Gasteiger partial charge < -0.3 is 23.7 Å². The Hall–Kier alpha value is -0.200. The zero-order chi connectivity index (χ0) is 21.2. The van der Waals surface area contributed by atoms with E-state index in [9.17, 15) is 0 Å². The van der Waals surface area contributed by atoms with Crippen LogP contribution in [0.1, 0.15) is 98.3 Å². The van der Waals surface area contributed by atoms with E-state index in [4.69, 9.17) is 23.7 Å². The molecular formula is C24H48O5. The average molecular weight is 417 g/mol.